The number of rotatable bonds is 1. The van der Waals surface area contributed by atoms with Gasteiger partial charge in [0, 0.05) is 12.6 Å². The van der Waals surface area contributed by atoms with Crippen LogP contribution in [0.3, 0.4) is 0 Å². The van der Waals surface area contributed by atoms with E-state index in [0.717, 1.165) is 29.0 Å². The minimum absolute atomic E-state index is 0.779. The van der Waals surface area contributed by atoms with Crippen LogP contribution in [0, 0.1) is 6.92 Å². The smallest absolute Gasteiger partial charge is 0.195 e. The molecule has 0 spiro atoms. The van der Waals surface area contributed by atoms with Crippen LogP contribution in [-0.4, -0.2) is 9.97 Å². The van der Waals surface area contributed by atoms with Crippen molar-refractivity contribution in [2.24, 2.45) is 0 Å². The van der Waals surface area contributed by atoms with Gasteiger partial charge in [0.2, 0.25) is 0 Å². The fraction of sp³-hybridized carbons (Fsp3) is 0.455. The van der Waals surface area contributed by atoms with Gasteiger partial charge in [0.25, 0.3) is 0 Å². The lowest BCUT2D eigenvalue weighted by atomic mass is 10.3. The van der Waals surface area contributed by atoms with Crippen molar-refractivity contribution in [3.8, 4) is 0 Å². The van der Waals surface area contributed by atoms with Crippen LogP contribution < -0.4 is 0 Å². The van der Waals surface area contributed by atoms with Crippen molar-refractivity contribution in [3.05, 3.63) is 23.8 Å². The third kappa shape index (κ3) is 1.92. The van der Waals surface area contributed by atoms with Crippen molar-refractivity contribution >= 4 is 11.1 Å². The molecule has 0 aromatic carbocycles. The molecule has 0 saturated carbocycles. The number of pyridine rings is 1. The molecule has 0 unspecified atom stereocenters. The molecule has 3 nitrogen and oxygen atoms in total. The summed E-state index contributed by atoms with van der Waals surface area (Å²) in [5.41, 5.74) is 2.78. The Labute approximate surface area is 84.2 Å². The molecule has 0 radical (unpaired) electrons. The molecule has 0 aliphatic rings. The minimum atomic E-state index is 0.779. The molecular formula is C11H16N2O. The van der Waals surface area contributed by atoms with Crippen molar-refractivity contribution in [1.29, 1.82) is 0 Å². The molecule has 0 atom stereocenters. The Morgan fingerprint density at radius 2 is 2.00 bits per heavy atom. The summed E-state index contributed by atoms with van der Waals surface area (Å²) in [4.78, 5) is 8.35. The van der Waals surface area contributed by atoms with E-state index in [9.17, 15) is 0 Å². The minimum Gasteiger partial charge on any atom is -0.439 e. The average molecular weight is 192 g/mol. The first-order chi connectivity index (χ1) is 6.81. The number of fused-ring (bicyclic) bond motifs is 1. The zero-order valence-corrected chi connectivity index (χ0v) is 9.16. The van der Waals surface area contributed by atoms with E-state index in [1.807, 2.05) is 27.7 Å². The normalized spacial score (nSPS) is 9.71. The second-order valence-electron chi connectivity index (χ2n) is 2.76. The van der Waals surface area contributed by atoms with Crippen LogP contribution in [0.5, 0.6) is 0 Å². The molecule has 0 amide bonds. The Balaban J connectivity index is 0.000000461. The quantitative estimate of drug-likeness (QED) is 0.696. The SMILES string of the molecule is CC.CCc1nc2c(C)cncc2o1. The van der Waals surface area contributed by atoms with Gasteiger partial charge in [-0.05, 0) is 12.5 Å². The van der Waals surface area contributed by atoms with E-state index in [0.29, 0.717) is 0 Å². The molecule has 0 saturated heterocycles. The molecule has 0 N–H and O–H groups in total. The van der Waals surface area contributed by atoms with Gasteiger partial charge < -0.3 is 4.42 Å². The lowest BCUT2D eigenvalue weighted by Gasteiger charge is -1.88. The van der Waals surface area contributed by atoms with Crippen molar-refractivity contribution in [3.63, 3.8) is 0 Å². The van der Waals surface area contributed by atoms with Crippen LogP contribution in [0.2, 0.25) is 0 Å². The number of oxazole rings is 1. The topological polar surface area (TPSA) is 38.9 Å². The molecule has 0 aliphatic carbocycles. The van der Waals surface area contributed by atoms with E-state index in [1.165, 1.54) is 0 Å². The van der Waals surface area contributed by atoms with Crippen molar-refractivity contribution < 1.29 is 4.42 Å². The highest BCUT2D eigenvalue weighted by molar-refractivity contribution is 5.74. The summed E-state index contributed by atoms with van der Waals surface area (Å²) in [6.07, 6.45) is 4.33. The van der Waals surface area contributed by atoms with E-state index >= 15 is 0 Å². The van der Waals surface area contributed by atoms with Crippen LogP contribution in [0.1, 0.15) is 32.2 Å². The number of hydrogen-bond acceptors (Lipinski definition) is 3. The predicted octanol–water partition coefficient (Wildman–Crippen LogP) is 3.12. The third-order valence-corrected chi connectivity index (χ3v) is 1.83. The summed E-state index contributed by atoms with van der Waals surface area (Å²) in [6, 6.07) is 0. The van der Waals surface area contributed by atoms with Crippen molar-refractivity contribution in [2.75, 3.05) is 0 Å². The van der Waals surface area contributed by atoms with Gasteiger partial charge in [0.15, 0.2) is 11.5 Å². The van der Waals surface area contributed by atoms with E-state index in [2.05, 4.69) is 9.97 Å². The summed E-state index contributed by atoms with van der Waals surface area (Å²) in [5.74, 6) is 0.779. The molecule has 0 fully saturated rings. The first-order valence-corrected chi connectivity index (χ1v) is 5.01. The lowest BCUT2D eigenvalue weighted by molar-refractivity contribution is 0.537. The van der Waals surface area contributed by atoms with E-state index in [1.54, 1.807) is 12.4 Å². The van der Waals surface area contributed by atoms with Gasteiger partial charge in [-0.15, -0.1) is 0 Å². The highest BCUT2D eigenvalue weighted by Gasteiger charge is 2.05. The largest absolute Gasteiger partial charge is 0.439 e. The molecule has 2 heterocycles. The third-order valence-electron chi connectivity index (χ3n) is 1.83. The van der Waals surface area contributed by atoms with Crippen molar-refractivity contribution in [2.45, 2.75) is 34.1 Å². The van der Waals surface area contributed by atoms with Gasteiger partial charge in [-0.1, -0.05) is 20.8 Å². The number of nitrogens with zero attached hydrogens (tertiary/aromatic N) is 2. The van der Waals surface area contributed by atoms with Gasteiger partial charge in [0.05, 0.1) is 6.20 Å². The Bertz CT molecular complexity index is 407. The maximum atomic E-state index is 5.42. The van der Waals surface area contributed by atoms with Crippen LogP contribution >= 0.6 is 0 Å². The standard InChI is InChI=1S/C9H10N2O.C2H6/c1-3-8-11-9-6(2)4-10-5-7(9)12-8;1-2/h4-5H,3H2,1-2H3;1-2H3. The predicted molar refractivity (Wildman–Crippen MR) is 57.3 cm³/mol. The second-order valence-corrected chi connectivity index (χ2v) is 2.76. The summed E-state index contributed by atoms with van der Waals surface area (Å²) in [5, 5.41) is 0. The molecule has 0 aliphatic heterocycles. The fourth-order valence-electron chi connectivity index (χ4n) is 1.18. The van der Waals surface area contributed by atoms with Crippen LogP contribution in [0.15, 0.2) is 16.8 Å². The zero-order chi connectivity index (χ0) is 10.6. The van der Waals surface area contributed by atoms with E-state index in [-0.39, 0.29) is 0 Å². The van der Waals surface area contributed by atoms with Gasteiger partial charge in [-0.2, -0.15) is 0 Å². The van der Waals surface area contributed by atoms with Crippen molar-refractivity contribution in [1.82, 2.24) is 9.97 Å². The zero-order valence-electron chi connectivity index (χ0n) is 9.16. The summed E-state index contributed by atoms with van der Waals surface area (Å²) < 4.78 is 5.42. The Kier molecular flexibility index (Phi) is 3.63. The first-order valence-electron chi connectivity index (χ1n) is 5.01. The Morgan fingerprint density at radius 3 is 2.57 bits per heavy atom. The van der Waals surface area contributed by atoms with Gasteiger partial charge in [-0.3, -0.25) is 4.98 Å². The maximum Gasteiger partial charge on any atom is 0.195 e. The lowest BCUT2D eigenvalue weighted by Crippen LogP contribution is -1.79. The molecule has 2 aromatic rings. The molecular weight excluding hydrogens is 176 g/mol. The monoisotopic (exact) mass is 192 g/mol. The van der Waals surface area contributed by atoms with Crippen LogP contribution in [-0.2, 0) is 6.42 Å². The molecule has 3 heteroatoms. The van der Waals surface area contributed by atoms with Crippen LogP contribution in [0.25, 0.3) is 11.1 Å². The highest BCUT2D eigenvalue weighted by Crippen LogP contribution is 2.17. The van der Waals surface area contributed by atoms with Crippen LogP contribution in [0.4, 0.5) is 0 Å². The average Bonchev–Trinajstić information content (AvgIpc) is 2.65. The molecule has 2 aromatic heterocycles. The van der Waals surface area contributed by atoms with E-state index < -0.39 is 0 Å². The van der Waals surface area contributed by atoms with Gasteiger partial charge in [-0.25, -0.2) is 4.98 Å². The van der Waals surface area contributed by atoms with Gasteiger partial charge in [0.1, 0.15) is 5.52 Å². The summed E-state index contributed by atoms with van der Waals surface area (Å²) in [6.45, 7) is 8.00. The maximum absolute atomic E-state index is 5.42. The molecule has 76 valence electrons. The number of hydrogen-bond donors (Lipinski definition) is 0. The first kappa shape index (κ1) is 10.7. The van der Waals surface area contributed by atoms with E-state index in [4.69, 9.17) is 4.42 Å². The number of aromatic nitrogens is 2. The molecule has 0 bridgehead atoms. The Morgan fingerprint density at radius 1 is 1.29 bits per heavy atom. The molecule has 2 rings (SSSR count). The second kappa shape index (κ2) is 4.74. The fourth-order valence-corrected chi connectivity index (χ4v) is 1.18. The summed E-state index contributed by atoms with van der Waals surface area (Å²) >= 11 is 0. The van der Waals surface area contributed by atoms with Gasteiger partial charge >= 0.3 is 0 Å². The summed E-state index contributed by atoms with van der Waals surface area (Å²) in [7, 11) is 0. The number of aryl methyl sites for hydroxylation is 2. The highest BCUT2D eigenvalue weighted by atomic mass is 16.3. The molecule has 14 heavy (non-hydrogen) atoms. The Hall–Kier alpha value is -1.38.